The van der Waals surface area contributed by atoms with Crippen molar-refractivity contribution in [2.24, 2.45) is 0 Å². The Balaban J connectivity index is 4.68. The number of rotatable bonds is 3. The third-order valence-corrected chi connectivity index (χ3v) is 3.82. The van der Waals surface area contributed by atoms with Gasteiger partial charge in [0.1, 0.15) is 0 Å². The van der Waals surface area contributed by atoms with Gasteiger partial charge >= 0.3 is 15.2 Å². The van der Waals surface area contributed by atoms with E-state index in [1.165, 1.54) is 0 Å². The monoisotopic (exact) mass is 220 g/mol. The van der Waals surface area contributed by atoms with Gasteiger partial charge in [-0.3, -0.25) is 9.13 Å². The summed E-state index contributed by atoms with van der Waals surface area (Å²) >= 11 is 0. The molecule has 0 aromatic rings. The summed E-state index contributed by atoms with van der Waals surface area (Å²) in [5, 5.41) is 6.26. The van der Waals surface area contributed by atoms with Crippen molar-refractivity contribution in [1.82, 2.24) is 0 Å². The summed E-state index contributed by atoms with van der Waals surface area (Å²) in [6.07, 6.45) is -1.26. The Kier molecular flexibility index (Phi) is 3.26. The molecule has 1 atom stereocenters. The quantitative estimate of drug-likeness (QED) is 0.387. The topological polar surface area (TPSA) is 135 Å². The Morgan fingerprint density at radius 2 is 1.50 bits per heavy atom. The zero-order chi connectivity index (χ0) is 10.2. The highest BCUT2D eigenvalue weighted by Gasteiger charge is 2.45. The van der Waals surface area contributed by atoms with Gasteiger partial charge in [0.05, 0.1) is 6.16 Å². The SMILES string of the molecule is CC(O)(CP(=O)(O)O)P(=O)(O)O. The molecule has 0 rings (SSSR count). The van der Waals surface area contributed by atoms with Crippen LogP contribution in [0.2, 0.25) is 0 Å². The van der Waals surface area contributed by atoms with Crippen LogP contribution < -0.4 is 0 Å². The first kappa shape index (κ1) is 12.3. The molecule has 9 heteroatoms. The zero-order valence-electron chi connectivity index (χ0n) is 6.15. The largest absolute Gasteiger partial charge is 0.377 e. The van der Waals surface area contributed by atoms with Crippen LogP contribution in [0.15, 0.2) is 0 Å². The van der Waals surface area contributed by atoms with E-state index in [9.17, 15) is 9.13 Å². The van der Waals surface area contributed by atoms with E-state index in [4.69, 9.17) is 24.7 Å². The Morgan fingerprint density at radius 1 is 1.17 bits per heavy atom. The molecule has 0 radical (unpaired) electrons. The van der Waals surface area contributed by atoms with Crippen molar-refractivity contribution in [3.05, 3.63) is 0 Å². The molecule has 0 spiro atoms. The molecule has 7 nitrogen and oxygen atoms in total. The van der Waals surface area contributed by atoms with Crippen LogP contribution >= 0.6 is 15.2 Å². The van der Waals surface area contributed by atoms with E-state index >= 15 is 0 Å². The predicted octanol–water partition coefficient (Wildman–Crippen LogP) is -0.950. The van der Waals surface area contributed by atoms with Gasteiger partial charge in [-0.15, -0.1) is 0 Å². The number of hydrogen-bond donors (Lipinski definition) is 5. The van der Waals surface area contributed by atoms with Crippen molar-refractivity contribution in [2.45, 2.75) is 12.3 Å². The highest BCUT2D eigenvalue weighted by Crippen LogP contribution is 2.54. The van der Waals surface area contributed by atoms with Crippen LogP contribution in [0.25, 0.3) is 0 Å². The average molecular weight is 220 g/mol. The molecule has 0 aromatic heterocycles. The maximum absolute atomic E-state index is 10.4. The van der Waals surface area contributed by atoms with Gasteiger partial charge in [0.15, 0.2) is 5.34 Å². The molecule has 0 aromatic carbocycles. The van der Waals surface area contributed by atoms with Crippen molar-refractivity contribution < 1.29 is 33.8 Å². The first-order valence-electron chi connectivity index (χ1n) is 2.78. The maximum atomic E-state index is 10.4. The molecule has 0 bridgehead atoms. The first-order chi connectivity index (χ1) is 4.96. The minimum atomic E-state index is -4.90. The standard InChI is InChI=1S/C3H10O7P2/c1-3(4,12(8,9)10)2-11(5,6)7/h4H,2H2,1H3,(H2,5,6,7)(H2,8,9,10). The molecule has 0 saturated heterocycles. The Labute approximate surface area is 68.4 Å². The summed E-state index contributed by atoms with van der Waals surface area (Å²) in [6, 6.07) is 0. The molecular weight excluding hydrogens is 210 g/mol. The maximum Gasteiger partial charge on any atom is 0.357 e. The van der Waals surface area contributed by atoms with Crippen LogP contribution in [-0.2, 0) is 9.13 Å². The summed E-state index contributed by atoms with van der Waals surface area (Å²) in [5.74, 6) is 0. The van der Waals surface area contributed by atoms with Crippen molar-refractivity contribution in [1.29, 1.82) is 0 Å². The molecule has 0 aliphatic heterocycles. The second-order valence-electron chi connectivity index (χ2n) is 2.58. The minimum Gasteiger partial charge on any atom is -0.377 e. The van der Waals surface area contributed by atoms with Crippen molar-refractivity contribution in [3.8, 4) is 0 Å². The number of hydrogen-bond acceptors (Lipinski definition) is 3. The second-order valence-corrected chi connectivity index (χ2v) is 6.28. The van der Waals surface area contributed by atoms with Gasteiger partial charge in [0.2, 0.25) is 0 Å². The van der Waals surface area contributed by atoms with E-state index in [2.05, 4.69) is 0 Å². The highest BCUT2D eigenvalue weighted by atomic mass is 31.2. The molecule has 5 N–H and O–H groups in total. The van der Waals surface area contributed by atoms with E-state index < -0.39 is 26.7 Å². The van der Waals surface area contributed by atoms with Crippen LogP contribution in [0.3, 0.4) is 0 Å². The molecule has 0 heterocycles. The van der Waals surface area contributed by atoms with Gasteiger partial charge in [-0.1, -0.05) is 0 Å². The first-order valence-corrected chi connectivity index (χ1v) is 6.19. The summed E-state index contributed by atoms with van der Waals surface area (Å²) < 4.78 is 20.7. The molecule has 0 fully saturated rings. The van der Waals surface area contributed by atoms with Gasteiger partial charge in [0, 0.05) is 0 Å². The number of aliphatic hydroxyl groups is 1. The Morgan fingerprint density at radius 3 is 1.58 bits per heavy atom. The summed E-state index contributed by atoms with van der Waals surface area (Å²) in [7, 11) is -9.53. The highest BCUT2D eigenvalue weighted by molar-refractivity contribution is 7.57. The van der Waals surface area contributed by atoms with E-state index in [1.54, 1.807) is 0 Å². The van der Waals surface area contributed by atoms with Gasteiger partial charge in [-0.05, 0) is 6.92 Å². The van der Waals surface area contributed by atoms with E-state index in [0.29, 0.717) is 6.92 Å². The third-order valence-electron chi connectivity index (χ3n) is 1.13. The van der Waals surface area contributed by atoms with Gasteiger partial charge in [-0.25, -0.2) is 0 Å². The lowest BCUT2D eigenvalue weighted by Gasteiger charge is -2.24. The molecule has 1 unspecified atom stereocenters. The summed E-state index contributed by atoms with van der Waals surface area (Å²) in [4.78, 5) is 33.5. The zero-order valence-corrected chi connectivity index (χ0v) is 7.94. The smallest absolute Gasteiger partial charge is 0.357 e. The normalized spacial score (nSPS) is 18.8. The lowest BCUT2D eigenvalue weighted by molar-refractivity contribution is 0.123. The van der Waals surface area contributed by atoms with Gasteiger partial charge in [-0.2, -0.15) is 0 Å². The van der Waals surface area contributed by atoms with Gasteiger partial charge in [0.25, 0.3) is 0 Å². The van der Waals surface area contributed by atoms with Crippen molar-refractivity contribution >= 4 is 15.2 Å². The van der Waals surface area contributed by atoms with Crippen LogP contribution in [0.4, 0.5) is 0 Å². The fourth-order valence-corrected chi connectivity index (χ4v) is 2.55. The molecule has 12 heavy (non-hydrogen) atoms. The Hall–Kier alpha value is 0.260. The molecule has 74 valence electrons. The predicted molar refractivity (Wildman–Crippen MR) is 39.6 cm³/mol. The van der Waals surface area contributed by atoms with Crippen molar-refractivity contribution in [3.63, 3.8) is 0 Å². The van der Waals surface area contributed by atoms with E-state index in [-0.39, 0.29) is 0 Å². The van der Waals surface area contributed by atoms with Gasteiger partial charge < -0.3 is 24.7 Å². The average Bonchev–Trinajstić information content (AvgIpc) is 1.52. The van der Waals surface area contributed by atoms with Crippen LogP contribution in [0.5, 0.6) is 0 Å². The second kappa shape index (κ2) is 3.20. The molecule has 0 aliphatic rings. The Bertz CT molecular complexity index is 245. The fourth-order valence-electron chi connectivity index (χ4n) is 0.482. The van der Waals surface area contributed by atoms with Crippen LogP contribution in [0, 0.1) is 0 Å². The molecular formula is C3H10O7P2. The molecule has 0 aliphatic carbocycles. The molecule has 0 amide bonds. The third kappa shape index (κ3) is 3.78. The minimum absolute atomic E-state index is 0.673. The van der Waals surface area contributed by atoms with Crippen LogP contribution in [-0.4, -0.2) is 36.2 Å². The lowest BCUT2D eigenvalue weighted by atomic mass is 10.5. The van der Waals surface area contributed by atoms with Crippen molar-refractivity contribution in [2.75, 3.05) is 6.16 Å². The van der Waals surface area contributed by atoms with E-state index in [0.717, 1.165) is 0 Å². The fraction of sp³-hybridized carbons (Fsp3) is 1.00. The van der Waals surface area contributed by atoms with Crippen LogP contribution in [0.1, 0.15) is 6.92 Å². The van der Waals surface area contributed by atoms with E-state index in [1.807, 2.05) is 0 Å². The summed E-state index contributed by atoms with van der Waals surface area (Å²) in [5.41, 5.74) is 0. The summed E-state index contributed by atoms with van der Waals surface area (Å²) in [6.45, 7) is 0.673. The lowest BCUT2D eigenvalue weighted by Crippen LogP contribution is -2.28. The molecule has 0 saturated carbocycles.